The van der Waals surface area contributed by atoms with Gasteiger partial charge in [-0.25, -0.2) is 0 Å². The number of alkyl halides is 3. The molecule has 4 rings (SSSR count). The zero-order chi connectivity index (χ0) is 22.4. The summed E-state index contributed by atoms with van der Waals surface area (Å²) in [4.78, 5) is 21.1. The molecule has 164 valence electrons. The van der Waals surface area contributed by atoms with Gasteiger partial charge in [-0.05, 0) is 31.9 Å². The third-order valence-corrected chi connectivity index (χ3v) is 5.14. The number of halogens is 3. The molecule has 0 aliphatic heterocycles. The summed E-state index contributed by atoms with van der Waals surface area (Å²) >= 11 is 0. The highest BCUT2D eigenvalue weighted by Gasteiger charge is 2.46. The molecule has 12 heteroatoms. The van der Waals surface area contributed by atoms with Gasteiger partial charge in [-0.2, -0.15) is 23.3 Å². The van der Waals surface area contributed by atoms with Gasteiger partial charge in [0.05, 0.1) is 5.69 Å². The Hall–Kier alpha value is -3.28. The molecule has 9 nitrogen and oxygen atoms in total. The standard InChI is InChI=1S/C19H19F3N6O3/c1-10(24-16(29)12-9-14(19(20,21)22)26-28(12)2)17-25-15(27-31-17)11-4-7-23-13(8-11)18(30-3)5-6-18/h4,7-10H,5-6H2,1-3H3,(H,24,29)/t10-/m0/s1. The van der Waals surface area contributed by atoms with Gasteiger partial charge in [0, 0.05) is 32.0 Å². The molecular weight excluding hydrogens is 417 g/mol. The Labute approximate surface area is 174 Å². The first-order valence-corrected chi connectivity index (χ1v) is 9.41. The molecule has 0 spiro atoms. The third kappa shape index (κ3) is 4.02. The fraction of sp³-hybridized carbons (Fsp3) is 0.421. The van der Waals surface area contributed by atoms with Gasteiger partial charge in [-0.3, -0.25) is 14.5 Å². The number of pyridine rings is 1. The minimum atomic E-state index is -4.64. The van der Waals surface area contributed by atoms with Gasteiger partial charge >= 0.3 is 6.18 Å². The second-order valence-corrected chi connectivity index (χ2v) is 7.32. The molecule has 0 saturated heterocycles. The van der Waals surface area contributed by atoms with Crippen molar-refractivity contribution in [2.75, 3.05) is 7.11 Å². The molecule has 1 aliphatic rings. The largest absolute Gasteiger partial charge is 0.435 e. The fourth-order valence-corrected chi connectivity index (χ4v) is 3.18. The summed E-state index contributed by atoms with van der Waals surface area (Å²) in [6.45, 7) is 1.58. The number of amides is 1. The van der Waals surface area contributed by atoms with Crippen molar-refractivity contribution >= 4 is 5.91 Å². The number of rotatable bonds is 6. The zero-order valence-corrected chi connectivity index (χ0v) is 16.9. The fourth-order valence-electron chi connectivity index (χ4n) is 3.18. The van der Waals surface area contributed by atoms with Crippen LogP contribution in [0.15, 0.2) is 28.9 Å². The van der Waals surface area contributed by atoms with E-state index in [1.807, 2.05) is 6.07 Å². The first kappa shape index (κ1) is 21.0. The van der Waals surface area contributed by atoms with Crippen molar-refractivity contribution in [3.05, 3.63) is 47.4 Å². The summed E-state index contributed by atoms with van der Waals surface area (Å²) in [6, 6.07) is 3.49. The van der Waals surface area contributed by atoms with Crippen LogP contribution in [-0.4, -0.2) is 37.9 Å². The molecule has 0 bridgehead atoms. The van der Waals surface area contributed by atoms with Crippen LogP contribution in [0, 0.1) is 0 Å². The highest BCUT2D eigenvalue weighted by Crippen LogP contribution is 2.48. The smallest absolute Gasteiger partial charge is 0.372 e. The molecule has 1 aliphatic carbocycles. The van der Waals surface area contributed by atoms with Crippen LogP contribution in [0.4, 0.5) is 13.2 Å². The van der Waals surface area contributed by atoms with E-state index in [-0.39, 0.29) is 17.2 Å². The van der Waals surface area contributed by atoms with Gasteiger partial charge < -0.3 is 14.6 Å². The van der Waals surface area contributed by atoms with Crippen molar-refractivity contribution in [3.8, 4) is 11.4 Å². The topological polar surface area (TPSA) is 108 Å². The second-order valence-electron chi connectivity index (χ2n) is 7.32. The molecule has 1 amide bonds. The number of nitrogens with zero attached hydrogens (tertiary/aromatic N) is 5. The first-order valence-electron chi connectivity index (χ1n) is 9.41. The molecule has 1 saturated carbocycles. The molecule has 0 unspecified atom stereocenters. The van der Waals surface area contributed by atoms with Gasteiger partial charge in [0.1, 0.15) is 17.3 Å². The van der Waals surface area contributed by atoms with E-state index in [1.54, 1.807) is 26.3 Å². The lowest BCUT2D eigenvalue weighted by atomic mass is 10.1. The maximum Gasteiger partial charge on any atom is 0.435 e. The van der Waals surface area contributed by atoms with Crippen LogP contribution in [0.1, 0.15) is 53.6 Å². The summed E-state index contributed by atoms with van der Waals surface area (Å²) in [7, 11) is 2.89. The van der Waals surface area contributed by atoms with Crippen LogP contribution in [0.5, 0.6) is 0 Å². The lowest BCUT2D eigenvalue weighted by Crippen LogP contribution is -2.28. The van der Waals surface area contributed by atoms with E-state index in [4.69, 9.17) is 9.26 Å². The van der Waals surface area contributed by atoms with E-state index in [0.717, 1.165) is 23.2 Å². The summed E-state index contributed by atoms with van der Waals surface area (Å²) in [6.07, 6.45) is -1.25. The van der Waals surface area contributed by atoms with Crippen LogP contribution < -0.4 is 5.32 Å². The Morgan fingerprint density at radius 1 is 1.35 bits per heavy atom. The number of methoxy groups -OCH3 is 1. The molecular formula is C19H19F3N6O3. The summed E-state index contributed by atoms with van der Waals surface area (Å²) in [5, 5.41) is 9.81. The molecule has 0 radical (unpaired) electrons. The predicted molar refractivity (Wildman–Crippen MR) is 99.5 cm³/mol. The monoisotopic (exact) mass is 436 g/mol. The van der Waals surface area contributed by atoms with E-state index in [0.29, 0.717) is 17.5 Å². The maximum absolute atomic E-state index is 12.8. The number of aromatic nitrogens is 5. The van der Waals surface area contributed by atoms with E-state index in [9.17, 15) is 18.0 Å². The van der Waals surface area contributed by atoms with Crippen molar-refractivity contribution in [1.29, 1.82) is 0 Å². The summed E-state index contributed by atoms with van der Waals surface area (Å²) in [5.41, 5.74) is -0.319. The van der Waals surface area contributed by atoms with Crippen molar-refractivity contribution < 1.29 is 27.2 Å². The molecule has 3 aromatic heterocycles. The van der Waals surface area contributed by atoms with Gasteiger partial charge in [-0.15, -0.1) is 0 Å². The Balaban J connectivity index is 1.49. The predicted octanol–water partition coefficient (Wildman–Crippen LogP) is 3.01. The number of aryl methyl sites for hydroxylation is 1. The average Bonchev–Trinajstić information content (AvgIpc) is 3.17. The Bertz CT molecular complexity index is 1120. The number of hydrogen-bond donors (Lipinski definition) is 1. The minimum Gasteiger partial charge on any atom is -0.372 e. The highest BCUT2D eigenvalue weighted by molar-refractivity contribution is 5.92. The van der Waals surface area contributed by atoms with E-state index in [1.165, 1.54) is 7.05 Å². The van der Waals surface area contributed by atoms with E-state index in [2.05, 4.69) is 25.5 Å². The van der Waals surface area contributed by atoms with Crippen molar-refractivity contribution in [2.45, 2.75) is 37.6 Å². The van der Waals surface area contributed by atoms with E-state index >= 15 is 0 Å². The Kier molecular flexibility index (Phi) is 5.04. The number of carbonyl (C=O) groups is 1. The zero-order valence-electron chi connectivity index (χ0n) is 16.9. The molecule has 3 aromatic rings. The van der Waals surface area contributed by atoms with Gasteiger partial charge in [0.2, 0.25) is 11.7 Å². The van der Waals surface area contributed by atoms with Gasteiger partial charge in [0.25, 0.3) is 5.91 Å². The van der Waals surface area contributed by atoms with Crippen LogP contribution in [0.2, 0.25) is 0 Å². The van der Waals surface area contributed by atoms with Crippen molar-refractivity contribution in [2.24, 2.45) is 7.05 Å². The Morgan fingerprint density at radius 2 is 2.10 bits per heavy atom. The van der Waals surface area contributed by atoms with Crippen molar-refractivity contribution in [1.82, 2.24) is 30.2 Å². The van der Waals surface area contributed by atoms with Crippen LogP contribution >= 0.6 is 0 Å². The number of ether oxygens (including phenoxy) is 1. The molecule has 31 heavy (non-hydrogen) atoms. The maximum atomic E-state index is 12.8. The summed E-state index contributed by atoms with van der Waals surface area (Å²) < 4.78 is 50.1. The molecule has 1 atom stereocenters. The summed E-state index contributed by atoms with van der Waals surface area (Å²) in [5.74, 6) is -0.348. The van der Waals surface area contributed by atoms with Gasteiger partial charge in [0.15, 0.2) is 5.69 Å². The first-order chi connectivity index (χ1) is 14.6. The minimum absolute atomic E-state index is 0.104. The molecule has 3 heterocycles. The molecule has 0 aromatic carbocycles. The quantitative estimate of drug-likeness (QED) is 0.633. The van der Waals surface area contributed by atoms with Gasteiger partial charge in [-0.1, -0.05) is 5.16 Å². The third-order valence-electron chi connectivity index (χ3n) is 5.14. The number of carbonyl (C=O) groups excluding carboxylic acids is 1. The number of nitrogens with one attached hydrogen (secondary N) is 1. The molecule has 1 fully saturated rings. The normalized spacial score (nSPS) is 16.2. The lowest BCUT2D eigenvalue weighted by molar-refractivity contribution is -0.141. The average molecular weight is 436 g/mol. The number of hydrogen-bond acceptors (Lipinski definition) is 7. The van der Waals surface area contributed by atoms with Crippen LogP contribution in [-0.2, 0) is 23.6 Å². The lowest BCUT2D eigenvalue weighted by Gasteiger charge is -2.12. The van der Waals surface area contributed by atoms with Crippen LogP contribution in [0.25, 0.3) is 11.4 Å². The van der Waals surface area contributed by atoms with E-state index < -0.39 is 23.8 Å². The second kappa shape index (κ2) is 7.45. The molecule has 1 N–H and O–H groups in total. The van der Waals surface area contributed by atoms with Crippen LogP contribution in [0.3, 0.4) is 0 Å². The SMILES string of the molecule is COC1(c2cc(-c3noc([C@H](C)NC(=O)c4cc(C(F)(F)F)nn4C)n3)ccn2)CC1. The Morgan fingerprint density at radius 3 is 2.71 bits per heavy atom. The highest BCUT2D eigenvalue weighted by atomic mass is 19.4. The van der Waals surface area contributed by atoms with Crippen molar-refractivity contribution in [3.63, 3.8) is 0 Å².